The first-order valence-corrected chi connectivity index (χ1v) is 4.98. The predicted molar refractivity (Wildman–Crippen MR) is 63.6 cm³/mol. The number of nitrogens with zero attached hydrogens (tertiary/aromatic N) is 2. The molecule has 1 heterocycles. The van der Waals surface area contributed by atoms with E-state index in [-0.39, 0.29) is 5.69 Å². The molecule has 0 atom stereocenters. The van der Waals surface area contributed by atoms with Gasteiger partial charge in [-0.25, -0.2) is 0 Å². The quantitative estimate of drug-likeness (QED) is 0.458. The van der Waals surface area contributed by atoms with E-state index in [1.807, 2.05) is 0 Å². The van der Waals surface area contributed by atoms with E-state index in [1.165, 1.54) is 12.1 Å². The van der Waals surface area contributed by atoms with E-state index in [2.05, 4.69) is 27.4 Å². The van der Waals surface area contributed by atoms with Crippen molar-refractivity contribution in [2.45, 2.75) is 0 Å². The van der Waals surface area contributed by atoms with Crippen LogP contribution >= 0.6 is 0 Å². The summed E-state index contributed by atoms with van der Waals surface area (Å²) >= 11 is 0. The fraction of sp³-hybridized carbons (Fsp3) is 0.182. The van der Waals surface area contributed by atoms with Crippen molar-refractivity contribution in [2.24, 2.45) is 0 Å². The average molecular weight is 230 g/mol. The van der Waals surface area contributed by atoms with E-state index in [9.17, 15) is 10.1 Å². The summed E-state index contributed by atoms with van der Waals surface area (Å²) in [5.41, 5.74) is 1.30. The summed E-state index contributed by atoms with van der Waals surface area (Å²) in [6, 6.07) is 4.50. The number of nitro benzene ring substituents is 1. The van der Waals surface area contributed by atoms with Crippen LogP contribution in [0.5, 0.6) is 0 Å². The number of benzene rings is 1. The van der Waals surface area contributed by atoms with Gasteiger partial charge in [0.15, 0.2) is 0 Å². The largest absolute Gasteiger partial charge is 0.309 e. The fourth-order valence-corrected chi connectivity index (χ4v) is 1.43. The van der Waals surface area contributed by atoms with Gasteiger partial charge in [-0.1, -0.05) is 5.92 Å². The molecule has 0 saturated heterocycles. The van der Waals surface area contributed by atoms with Gasteiger partial charge in [-0.3, -0.25) is 15.2 Å². The molecule has 1 aromatic carbocycles. The maximum atomic E-state index is 10.7. The van der Waals surface area contributed by atoms with Crippen molar-refractivity contribution in [3.63, 3.8) is 0 Å². The molecule has 2 rings (SSSR count). The zero-order valence-corrected chi connectivity index (χ0v) is 9.15. The third-order valence-corrected chi connectivity index (χ3v) is 2.23. The molecule has 0 aliphatic carbocycles. The molecule has 0 fully saturated rings. The Morgan fingerprint density at radius 3 is 3.12 bits per heavy atom. The first-order valence-electron chi connectivity index (χ1n) is 4.98. The van der Waals surface area contributed by atoms with E-state index >= 15 is 0 Å². The zero-order valence-electron chi connectivity index (χ0n) is 9.15. The second-order valence-electron chi connectivity index (χ2n) is 3.39. The summed E-state index contributed by atoms with van der Waals surface area (Å²) in [4.78, 5) is 10.2. The predicted octanol–water partition coefficient (Wildman–Crippen LogP) is 1.04. The highest BCUT2D eigenvalue weighted by Gasteiger charge is 2.10. The van der Waals surface area contributed by atoms with Gasteiger partial charge >= 0.3 is 0 Å². The van der Waals surface area contributed by atoms with E-state index in [4.69, 9.17) is 0 Å². The first kappa shape index (κ1) is 11.1. The Morgan fingerprint density at radius 1 is 1.59 bits per heavy atom. The fourth-order valence-electron chi connectivity index (χ4n) is 1.43. The van der Waals surface area contributed by atoms with Crippen molar-refractivity contribution < 1.29 is 4.92 Å². The number of fused-ring (bicyclic) bond motifs is 1. The highest BCUT2D eigenvalue weighted by Crippen LogP contribution is 2.21. The van der Waals surface area contributed by atoms with Crippen LogP contribution in [-0.4, -0.2) is 28.7 Å². The number of hydrogen-bond acceptors (Lipinski definition) is 4. The third kappa shape index (κ3) is 2.24. The lowest BCUT2D eigenvalue weighted by molar-refractivity contribution is -0.384. The van der Waals surface area contributed by atoms with Crippen LogP contribution in [0, 0.1) is 22.0 Å². The van der Waals surface area contributed by atoms with Crippen LogP contribution in [0.4, 0.5) is 5.69 Å². The van der Waals surface area contributed by atoms with Crippen molar-refractivity contribution in [3.05, 3.63) is 34.0 Å². The number of aromatic nitrogens is 2. The van der Waals surface area contributed by atoms with E-state index < -0.39 is 4.92 Å². The van der Waals surface area contributed by atoms with Gasteiger partial charge in [0, 0.05) is 17.5 Å². The summed E-state index contributed by atoms with van der Waals surface area (Å²) in [6.07, 6.45) is 0. The number of nitro groups is 1. The Kier molecular flexibility index (Phi) is 3.03. The minimum Gasteiger partial charge on any atom is -0.309 e. The normalized spacial score (nSPS) is 9.94. The van der Waals surface area contributed by atoms with Crippen molar-refractivity contribution in [3.8, 4) is 11.8 Å². The summed E-state index contributed by atoms with van der Waals surface area (Å²) < 4.78 is 0. The standard InChI is InChI=1S/C11H10N4O2/c1-12-6-2-3-10-9-7-8(15(16)17)4-5-11(9)14-13-10/h4-5,7,12H,6H2,1H3,(H,13,14). The molecule has 6 nitrogen and oxygen atoms in total. The average Bonchev–Trinajstić information content (AvgIpc) is 2.72. The third-order valence-electron chi connectivity index (χ3n) is 2.23. The topological polar surface area (TPSA) is 83.8 Å². The molecule has 2 N–H and O–H groups in total. The molecule has 0 amide bonds. The molecule has 0 bridgehead atoms. The van der Waals surface area contributed by atoms with Gasteiger partial charge < -0.3 is 5.32 Å². The molecule has 86 valence electrons. The van der Waals surface area contributed by atoms with Crippen molar-refractivity contribution in [2.75, 3.05) is 13.6 Å². The number of aromatic amines is 1. The Hall–Kier alpha value is -2.39. The lowest BCUT2D eigenvalue weighted by Crippen LogP contribution is -2.04. The van der Waals surface area contributed by atoms with E-state index in [0.29, 0.717) is 23.1 Å². The number of non-ortho nitro benzene ring substituents is 1. The van der Waals surface area contributed by atoms with Crippen LogP contribution in [0.15, 0.2) is 18.2 Å². The van der Waals surface area contributed by atoms with Crippen LogP contribution in [0.3, 0.4) is 0 Å². The summed E-state index contributed by atoms with van der Waals surface area (Å²) in [7, 11) is 1.80. The van der Waals surface area contributed by atoms with Gasteiger partial charge in [-0.2, -0.15) is 5.10 Å². The Labute approximate surface area is 97.2 Å². The molecule has 1 aromatic heterocycles. The second-order valence-corrected chi connectivity index (χ2v) is 3.39. The van der Waals surface area contributed by atoms with Gasteiger partial charge in [0.2, 0.25) is 0 Å². The second kappa shape index (κ2) is 4.63. The highest BCUT2D eigenvalue weighted by atomic mass is 16.6. The molecule has 17 heavy (non-hydrogen) atoms. The van der Waals surface area contributed by atoms with Gasteiger partial charge in [-0.15, -0.1) is 0 Å². The first-order chi connectivity index (χ1) is 8.22. The molecule has 6 heteroatoms. The molecular formula is C11H10N4O2. The Balaban J connectivity index is 2.48. The van der Waals surface area contributed by atoms with E-state index in [0.717, 1.165) is 0 Å². The maximum Gasteiger partial charge on any atom is 0.270 e. The van der Waals surface area contributed by atoms with Crippen LogP contribution in [0.25, 0.3) is 10.9 Å². The lowest BCUT2D eigenvalue weighted by atomic mass is 10.2. The molecule has 2 aromatic rings. The molecule has 0 spiro atoms. The van der Waals surface area contributed by atoms with Crippen LogP contribution in [-0.2, 0) is 0 Å². The lowest BCUT2D eigenvalue weighted by Gasteiger charge is -1.91. The van der Waals surface area contributed by atoms with Gasteiger partial charge in [0.05, 0.1) is 17.0 Å². The van der Waals surface area contributed by atoms with Gasteiger partial charge in [0.1, 0.15) is 5.69 Å². The number of rotatable bonds is 2. The van der Waals surface area contributed by atoms with Crippen molar-refractivity contribution >= 4 is 16.6 Å². The molecule has 0 saturated carbocycles. The van der Waals surface area contributed by atoms with Crippen molar-refractivity contribution in [1.29, 1.82) is 0 Å². The number of H-pyrrole nitrogens is 1. The molecule has 0 unspecified atom stereocenters. The van der Waals surface area contributed by atoms with Crippen LogP contribution < -0.4 is 5.32 Å². The van der Waals surface area contributed by atoms with Crippen LogP contribution in [0.2, 0.25) is 0 Å². The minimum atomic E-state index is -0.433. The monoisotopic (exact) mass is 230 g/mol. The summed E-state index contributed by atoms with van der Waals surface area (Å²) in [6.45, 7) is 0.551. The van der Waals surface area contributed by atoms with Gasteiger partial charge in [0.25, 0.3) is 5.69 Å². The number of nitrogens with one attached hydrogen (secondary N) is 2. The Bertz CT molecular complexity index is 621. The zero-order chi connectivity index (χ0) is 12.3. The molecule has 0 aliphatic heterocycles. The van der Waals surface area contributed by atoms with Crippen LogP contribution in [0.1, 0.15) is 5.69 Å². The molecular weight excluding hydrogens is 220 g/mol. The van der Waals surface area contributed by atoms with E-state index in [1.54, 1.807) is 13.1 Å². The minimum absolute atomic E-state index is 0.0376. The Morgan fingerprint density at radius 2 is 2.41 bits per heavy atom. The summed E-state index contributed by atoms with van der Waals surface area (Å²) in [5.74, 6) is 5.76. The molecule has 0 aliphatic rings. The summed E-state index contributed by atoms with van der Waals surface area (Å²) in [5, 5.41) is 21.0. The molecule has 0 radical (unpaired) electrons. The van der Waals surface area contributed by atoms with Gasteiger partial charge in [-0.05, 0) is 19.0 Å². The maximum absolute atomic E-state index is 10.7. The smallest absolute Gasteiger partial charge is 0.270 e. The number of hydrogen-bond donors (Lipinski definition) is 2. The van der Waals surface area contributed by atoms with Crippen molar-refractivity contribution in [1.82, 2.24) is 15.5 Å². The highest BCUT2D eigenvalue weighted by molar-refractivity contribution is 5.86. The SMILES string of the molecule is CNCC#Cc1[nH]nc2ccc([N+](=O)[O-])cc12.